The normalized spacial score (nSPS) is 13.4. The molecule has 0 N–H and O–H groups in total. The second-order valence-electron chi connectivity index (χ2n) is 5.71. The number of hydrogen-bond donors (Lipinski definition) is 0. The van der Waals surface area contributed by atoms with Gasteiger partial charge in [0.05, 0.1) is 18.5 Å². The lowest BCUT2D eigenvalue weighted by Crippen LogP contribution is -2.12. The maximum atomic E-state index is 6.16. The van der Waals surface area contributed by atoms with Crippen molar-refractivity contribution >= 4 is 29.2 Å². The van der Waals surface area contributed by atoms with E-state index in [9.17, 15) is 0 Å². The van der Waals surface area contributed by atoms with E-state index in [1.807, 2.05) is 52.5 Å². The Labute approximate surface area is 165 Å². The second-order valence-corrected chi connectivity index (χ2v) is 6.99. The van der Waals surface area contributed by atoms with Crippen LogP contribution in [0, 0.1) is 0 Å². The van der Waals surface area contributed by atoms with Gasteiger partial charge < -0.3 is 9.47 Å². The van der Waals surface area contributed by atoms with Crippen molar-refractivity contribution in [1.82, 2.24) is 4.68 Å². The zero-order valence-corrected chi connectivity index (χ0v) is 15.9. The molecule has 136 valence electrons. The number of ether oxygens (including phenoxy) is 2. The van der Waals surface area contributed by atoms with Crippen LogP contribution in [-0.2, 0) is 0 Å². The molecular formula is C20H16ClN3O2S. The van der Waals surface area contributed by atoms with Crippen LogP contribution in [0.1, 0.15) is 5.56 Å². The highest BCUT2D eigenvalue weighted by Crippen LogP contribution is 2.32. The number of aromatic nitrogens is 1. The molecule has 3 aromatic rings. The van der Waals surface area contributed by atoms with Gasteiger partial charge in [-0.15, -0.1) is 17.9 Å². The maximum absolute atomic E-state index is 6.16. The third-order valence-corrected chi connectivity index (χ3v) is 4.97. The predicted molar refractivity (Wildman–Crippen MR) is 109 cm³/mol. The molecule has 0 atom stereocenters. The van der Waals surface area contributed by atoms with Crippen LogP contribution in [0.15, 0.2) is 70.6 Å². The Morgan fingerprint density at radius 2 is 2.07 bits per heavy atom. The zero-order chi connectivity index (χ0) is 18.6. The van der Waals surface area contributed by atoms with E-state index in [4.69, 9.17) is 21.1 Å². The Balaban J connectivity index is 1.75. The van der Waals surface area contributed by atoms with E-state index < -0.39 is 0 Å². The summed E-state index contributed by atoms with van der Waals surface area (Å²) in [6, 6.07) is 13.4. The van der Waals surface area contributed by atoms with E-state index >= 15 is 0 Å². The van der Waals surface area contributed by atoms with Crippen molar-refractivity contribution in [3.05, 3.63) is 75.9 Å². The topological polar surface area (TPSA) is 48.1 Å². The van der Waals surface area contributed by atoms with E-state index in [1.165, 1.54) is 11.3 Å². The first-order chi connectivity index (χ1) is 13.2. The van der Waals surface area contributed by atoms with Crippen molar-refractivity contribution in [1.29, 1.82) is 0 Å². The van der Waals surface area contributed by atoms with E-state index in [2.05, 4.69) is 16.7 Å². The van der Waals surface area contributed by atoms with Gasteiger partial charge in [0.15, 0.2) is 11.5 Å². The van der Waals surface area contributed by atoms with Gasteiger partial charge in [0, 0.05) is 16.0 Å². The molecule has 0 fully saturated rings. The van der Waals surface area contributed by atoms with Crippen LogP contribution in [0.3, 0.4) is 0 Å². The van der Waals surface area contributed by atoms with E-state index in [0.29, 0.717) is 11.6 Å². The van der Waals surface area contributed by atoms with Crippen molar-refractivity contribution in [2.24, 2.45) is 10.1 Å². The average Bonchev–Trinajstić information content (AvgIpc) is 3.30. The first kappa shape index (κ1) is 17.6. The molecule has 7 heteroatoms. The van der Waals surface area contributed by atoms with E-state index in [-0.39, 0.29) is 6.79 Å². The van der Waals surface area contributed by atoms with Crippen LogP contribution >= 0.6 is 22.9 Å². The zero-order valence-electron chi connectivity index (χ0n) is 14.3. The van der Waals surface area contributed by atoms with Gasteiger partial charge in [-0.1, -0.05) is 29.8 Å². The summed E-state index contributed by atoms with van der Waals surface area (Å²) in [4.78, 5) is 5.31. The van der Waals surface area contributed by atoms with Crippen molar-refractivity contribution in [2.75, 3.05) is 13.3 Å². The van der Waals surface area contributed by atoms with E-state index in [0.717, 1.165) is 33.1 Å². The average molecular weight is 398 g/mol. The van der Waals surface area contributed by atoms with Gasteiger partial charge in [-0.25, -0.2) is 4.68 Å². The molecule has 0 radical (unpaired) electrons. The first-order valence-corrected chi connectivity index (χ1v) is 9.52. The van der Waals surface area contributed by atoms with Gasteiger partial charge in [-0.3, -0.25) is 4.99 Å². The van der Waals surface area contributed by atoms with Gasteiger partial charge in [0.25, 0.3) is 0 Å². The summed E-state index contributed by atoms with van der Waals surface area (Å²) in [6.07, 6.45) is 3.53. The molecule has 0 bridgehead atoms. The van der Waals surface area contributed by atoms with Crippen LogP contribution in [0.4, 0.5) is 0 Å². The molecular weight excluding hydrogens is 382 g/mol. The molecule has 2 heterocycles. The molecule has 2 aromatic carbocycles. The highest BCUT2D eigenvalue weighted by atomic mass is 35.5. The summed E-state index contributed by atoms with van der Waals surface area (Å²) in [6.45, 7) is 4.50. The summed E-state index contributed by atoms with van der Waals surface area (Å²) in [5.41, 5.74) is 2.80. The molecule has 0 unspecified atom stereocenters. The maximum Gasteiger partial charge on any atom is 0.231 e. The van der Waals surface area contributed by atoms with Gasteiger partial charge in [-0.05, 0) is 35.9 Å². The first-order valence-electron chi connectivity index (χ1n) is 8.26. The molecule has 1 aliphatic rings. The fraction of sp³-hybridized carbons (Fsp3) is 0.100. The molecule has 5 nitrogen and oxygen atoms in total. The molecule has 27 heavy (non-hydrogen) atoms. The number of rotatable bonds is 5. The summed E-state index contributed by atoms with van der Waals surface area (Å²) in [7, 11) is 0. The number of benzene rings is 2. The summed E-state index contributed by atoms with van der Waals surface area (Å²) in [5, 5.41) is 7.35. The number of fused-ring (bicyclic) bond motifs is 1. The van der Waals surface area contributed by atoms with Crippen LogP contribution in [0.5, 0.6) is 11.5 Å². The standard InChI is InChI=1S/C20H16ClN3O2S/c1-2-8-22-20-24(17(12-27-20)15-4-3-5-16(21)10-15)23-11-14-6-7-18-19(9-14)26-13-25-18/h2-7,9-12H,1,8,13H2/b22-20?,23-11-. The van der Waals surface area contributed by atoms with Crippen molar-refractivity contribution < 1.29 is 9.47 Å². The molecule has 0 amide bonds. The highest BCUT2D eigenvalue weighted by Gasteiger charge is 2.13. The van der Waals surface area contributed by atoms with Crippen LogP contribution in [0.2, 0.25) is 5.02 Å². The number of hydrogen-bond acceptors (Lipinski definition) is 5. The van der Waals surface area contributed by atoms with Crippen LogP contribution in [-0.4, -0.2) is 24.2 Å². The third-order valence-electron chi connectivity index (χ3n) is 3.88. The predicted octanol–water partition coefficient (Wildman–Crippen LogP) is 4.57. The Hall–Kier alpha value is -2.83. The largest absolute Gasteiger partial charge is 0.454 e. The minimum Gasteiger partial charge on any atom is -0.454 e. The Morgan fingerprint density at radius 1 is 1.19 bits per heavy atom. The molecule has 1 aromatic heterocycles. The molecule has 0 aliphatic carbocycles. The van der Waals surface area contributed by atoms with Gasteiger partial charge in [0.1, 0.15) is 0 Å². The Morgan fingerprint density at radius 3 is 2.93 bits per heavy atom. The lowest BCUT2D eigenvalue weighted by atomic mass is 10.2. The Kier molecular flexibility index (Phi) is 5.09. The quantitative estimate of drug-likeness (QED) is 0.467. The highest BCUT2D eigenvalue weighted by molar-refractivity contribution is 7.07. The lowest BCUT2D eigenvalue weighted by molar-refractivity contribution is 0.174. The minimum atomic E-state index is 0.249. The van der Waals surface area contributed by atoms with E-state index in [1.54, 1.807) is 12.3 Å². The molecule has 1 aliphatic heterocycles. The smallest absolute Gasteiger partial charge is 0.231 e. The number of nitrogens with zero attached hydrogens (tertiary/aromatic N) is 3. The summed E-state index contributed by atoms with van der Waals surface area (Å²) >= 11 is 7.68. The lowest BCUT2D eigenvalue weighted by Gasteiger charge is -2.04. The van der Waals surface area contributed by atoms with Gasteiger partial charge >= 0.3 is 0 Å². The Bertz CT molecular complexity index is 1080. The fourth-order valence-corrected chi connectivity index (χ4v) is 3.66. The van der Waals surface area contributed by atoms with Crippen molar-refractivity contribution in [3.63, 3.8) is 0 Å². The van der Waals surface area contributed by atoms with Crippen molar-refractivity contribution in [3.8, 4) is 22.8 Å². The SMILES string of the molecule is C=CCN=c1scc(-c2cccc(Cl)c2)n1/N=C\c1ccc2c(c1)OCO2. The molecule has 0 saturated heterocycles. The molecule has 0 spiro atoms. The fourth-order valence-electron chi connectivity index (χ4n) is 2.63. The van der Waals surface area contributed by atoms with Gasteiger partial charge in [0.2, 0.25) is 11.6 Å². The second kappa shape index (κ2) is 7.82. The molecule has 0 saturated carbocycles. The van der Waals surface area contributed by atoms with Gasteiger partial charge in [-0.2, -0.15) is 5.10 Å². The van der Waals surface area contributed by atoms with Crippen molar-refractivity contribution in [2.45, 2.75) is 0 Å². The number of halogens is 1. The monoisotopic (exact) mass is 397 g/mol. The number of thiazole rings is 1. The summed E-state index contributed by atoms with van der Waals surface area (Å²) < 4.78 is 12.6. The summed E-state index contributed by atoms with van der Waals surface area (Å²) in [5.74, 6) is 1.47. The minimum absolute atomic E-state index is 0.249. The van der Waals surface area contributed by atoms with Crippen LogP contribution in [0.25, 0.3) is 11.3 Å². The third kappa shape index (κ3) is 3.82. The molecule has 4 rings (SSSR count). The van der Waals surface area contributed by atoms with Crippen LogP contribution < -0.4 is 14.3 Å².